The van der Waals surface area contributed by atoms with E-state index in [4.69, 9.17) is 20.1 Å². The molecule has 8 heteroatoms. The molecular formula is C31H43N3O4Si. The molecule has 3 rings (SSSR count). The van der Waals surface area contributed by atoms with Gasteiger partial charge in [-0.3, -0.25) is 5.84 Å². The van der Waals surface area contributed by atoms with Gasteiger partial charge in [0.05, 0.1) is 12.1 Å². The van der Waals surface area contributed by atoms with E-state index in [9.17, 15) is 4.79 Å². The molecular weight excluding hydrogens is 506 g/mol. The number of hydrogen-bond acceptors (Lipinski definition) is 6. The van der Waals surface area contributed by atoms with Crippen molar-refractivity contribution in [1.29, 1.82) is 0 Å². The van der Waals surface area contributed by atoms with Crippen LogP contribution in [0.4, 0.5) is 4.79 Å². The molecule has 210 valence electrons. The molecule has 3 aromatic rings. The smallest absolute Gasteiger partial charge is 0.407 e. The predicted octanol–water partition coefficient (Wildman–Crippen LogP) is 5.60. The SMILES string of the molecule is C[Si](C)(C)CCOCO[C@H](CN(N)Cc1ccccc1)[C@@H](Cc1ccccc1)NC(=O)OCc1ccccc1. The molecule has 3 aromatic carbocycles. The van der Waals surface area contributed by atoms with Crippen molar-refractivity contribution in [2.45, 2.75) is 57.4 Å². The van der Waals surface area contributed by atoms with Crippen LogP contribution >= 0.6 is 0 Å². The molecule has 0 radical (unpaired) electrons. The number of carbonyl (C=O) groups excluding carboxylic acids is 1. The van der Waals surface area contributed by atoms with Crippen LogP contribution in [0.1, 0.15) is 16.7 Å². The Balaban J connectivity index is 1.71. The minimum absolute atomic E-state index is 0.125. The second kappa shape index (κ2) is 16.2. The van der Waals surface area contributed by atoms with Crippen LogP contribution in [0.25, 0.3) is 0 Å². The van der Waals surface area contributed by atoms with E-state index in [0.29, 0.717) is 26.1 Å². The van der Waals surface area contributed by atoms with Crippen LogP contribution < -0.4 is 11.2 Å². The maximum atomic E-state index is 12.9. The fourth-order valence-electron chi connectivity index (χ4n) is 4.04. The van der Waals surface area contributed by atoms with Crippen LogP contribution in [-0.2, 0) is 33.8 Å². The summed E-state index contributed by atoms with van der Waals surface area (Å²) < 4.78 is 17.7. The van der Waals surface area contributed by atoms with Gasteiger partial charge in [0.1, 0.15) is 13.4 Å². The monoisotopic (exact) mass is 549 g/mol. The molecule has 0 bridgehead atoms. The minimum atomic E-state index is -1.22. The van der Waals surface area contributed by atoms with E-state index in [2.05, 4.69) is 25.0 Å². The Bertz CT molecular complexity index is 1080. The highest BCUT2D eigenvalue weighted by Gasteiger charge is 2.27. The molecule has 0 fully saturated rings. The summed E-state index contributed by atoms with van der Waals surface area (Å²) in [5, 5.41) is 4.77. The third kappa shape index (κ3) is 12.6. The van der Waals surface area contributed by atoms with Gasteiger partial charge in [0.25, 0.3) is 0 Å². The summed E-state index contributed by atoms with van der Waals surface area (Å²) in [6.45, 7) is 8.85. The number of amides is 1. The average molecular weight is 550 g/mol. The Labute approximate surface area is 234 Å². The summed E-state index contributed by atoms with van der Waals surface area (Å²) in [6.07, 6.45) is -0.380. The average Bonchev–Trinajstić information content (AvgIpc) is 2.92. The number of hydrazine groups is 1. The first-order chi connectivity index (χ1) is 18.8. The van der Waals surface area contributed by atoms with E-state index < -0.39 is 26.3 Å². The van der Waals surface area contributed by atoms with Crippen LogP contribution in [0, 0.1) is 0 Å². The zero-order valence-corrected chi connectivity index (χ0v) is 24.4. The normalized spacial score (nSPS) is 13.2. The van der Waals surface area contributed by atoms with Crippen LogP contribution in [-0.4, -0.2) is 51.3 Å². The summed E-state index contributed by atoms with van der Waals surface area (Å²) in [6, 6.07) is 30.3. The number of nitrogens with two attached hydrogens (primary N) is 1. The van der Waals surface area contributed by atoms with Gasteiger partial charge in [-0.25, -0.2) is 9.80 Å². The lowest BCUT2D eigenvalue weighted by atomic mass is 10.0. The van der Waals surface area contributed by atoms with E-state index in [0.717, 1.165) is 22.7 Å². The van der Waals surface area contributed by atoms with Crippen LogP contribution in [0.3, 0.4) is 0 Å². The van der Waals surface area contributed by atoms with Crippen molar-refractivity contribution in [1.82, 2.24) is 10.3 Å². The number of rotatable bonds is 16. The maximum absolute atomic E-state index is 12.9. The number of alkyl carbamates (subject to hydrolysis) is 1. The second-order valence-corrected chi connectivity index (χ2v) is 16.6. The first-order valence-corrected chi connectivity index (χ1v) is 17.2. The first-order valence-electron chi connectivity index (χ1n) is 13.5. The Hall–Kier alpha value is -3.01. The summed E-state index contributed by atoms with van der Waals surface area (Å²) in [5.41, 5.74) is 3.09. The van der Waals surface area contributed by atoms with Crippen molar-refractivity contribution in [3.63, 3.8) is 0 Å². The highest BCUT2D eigenvalue weighted by molar-refractivity contribution is 6.76. The van der Waals surface area contributed by atoms with Crippen molar-refractivity contribution < 1.29 is 19.0 Å². The van der Waals surface area contributed by atoms with Gasteiger partial charge in [-0.05, 0) is 29.2 Å². The molecule has 0 heterocycles. The first kappa shape index (κ1) is 30.5. The zero-order valence-electron chi connectivity index (χ0n) is 23.4. The van der Waals surface area contributed by atoms with Crippen molar-refractivity contribution in [2.24, 2.45) is 5.84 Å². The lowest BCUT2D eigenvalue weighted by Crippen LogP contribution is -2.52. The molecule has 1 amide bonds. The Morgan fingerprint density at radius 2 is 1.44 bits per heavy atom. The molecule has 0 aliphatic heterocycles. The zero-order chi connectivity index (χ0) is 27.9. The van der Waals surface area contributed by atoms with Gasteiger partial charge in [-0.2, -0.15) is 0 Å². The number of hydrogen-bond donors (Lipinski definition) is 2. The molecule has 0 unspecified atom stereocenters. The highest BCUT2D eigenvalue weighted by Crippen LogP contribution is 2.14. The van der Waals surface area contributed by atoms with Gasteiger partial charge in [-0.1, -0.05) is 111 Å². The Morgan fingerprint density at radius 1 is 0.872 bits per heavy atom. The van der Waals surface area contributed by atoms with Crippen LogP contribution in [0.2, 0.25) is 25.7 Å². The lowest BCUT2D eigenvalue weighted by molar-refractivity contribution is -0.104. The summed E-state index contributed by atoms with van der Waals surface area (Å²) in [4.78, 5) is 12.9. The summed E-state index contributed by atoms with van der Waals surface area (Å²) in [5.74, 6) is 6.46. The van der Waals surface area contributed by atoms with Gasteiger partial charge in [-0.15, -0.1) is 0 Å². The van der Waals surface area contributed by atoms with Crippen molar-refractivity contribution >= 4 is 14.2 Å². The molecule has 0 saturated heterocycles. The van der Waals surface area contributed by atoms with Gasteiger partial charge < -0.3 is 19.5 Å². The van der Waals surface area contributed by atoms with Gasteiger partial charge in [0.2, 0.25) is 0 Å². The summed E-state index contributed by atoms with van der Waals surface area (Å²) >= 11 is 0. The Kier molecular flexibility index (Phi) is 12.7. The standard InChI is InChI=1S/C31H43N3O4Si/c1-39(2,3)20-19-36-25-38-30(23-34(32)22-27-15-9-5-10-16-27)29(21-26-13-7-4-8-14-26)33-31(35)37-24-28-17-11-6-12-18-28/h4-18,29-30H,19-25,32H2,1-3H3,(H,33,35)/t29-,30-/m1/s1. The molecule has 2 atom stereocenters. The molecule has 0 aliphatic rings. The third-order valence-electron chi connectivity index (χ3n) is 6.27. The topological polar surface area (TPSA) is 86.0 Å². The highest BCUT2D eigenvalue weighted by atomic mass is 28.3. The Morgan fingerprint density at radius 3 is 2.03 bits per heavy atom. The number of nitrogens with zero attached hydrogens (tertiary/aromatic N) is 1. The van der Waals surface area contributed by atoms with E-state index >= 15 is 0 Å². The third-order valence-corrected chi connectivity index (χ3v) is 7.97. The van der Waals surface area contributed by atoms with Gasteiger partial charge in [0.15, 0.2) is 0 Å². The fraction of sp³-hybridized carbons (Fsp3) is 0.387. The maximum Gasteiger partial charge on any atom is 0.407 e. The molecule has 0 aliphatic carbocycles. The fourth-order valence-corrected chi connectivity index (χ4v) is 4.80. The molecule has 3 N–H and O–H groups in total. The lowest BCUT2D eigenvalue weighted by Gasteiger charge is -2.31. The molecule has 7 nitrogen and oxygen atoms in total. The van der Waals surface area contributed by atoms with E-state index in [1.54, 1.807) is 5.01 Å². The van der Waals surface area contributed by atoms with Crippen LogP contribution in [0.5, 0.6) is 0 Å². The summed E-state index contributed by atoms with van der Waals surface area (Å²) in [7, 11) is -1.22. The molecule has 0 spiro atoms. The number of nitrogens with one attached hydrogen (secondary N) is 1. The van der Waals surface area contributed by atoms with E-state index in [1.165, 1.54) is 0 Å². The predicted molar refractivity (Wildman–Crippen MR) is 159 cm³/mol. The number of ether oxygens (including phenoxy) is 3. The second-order valence-electron chi connectivity index (χ2n) is 11.0. The van der Waals surface area contributed by atoms with Crippen molar-refractivity contribution in [2.75, 3.05) is 19.9 Å². The molecule has 39 heavy (non-hydrogen) atoms. The number of benzene rings is 3. The van der Waals surface area contributed by atoms with Gasteiger partial charge >= 0.3 is 6.09 Å². The van der Waals surface area contributed by atoms with E-state index in [-0.39, 0.29) is 13.4 Å². The molecule has 0 aromatic heterocycles. The largest absolute Gasteiger partial charge is 0.445 e. The van der Waals surface area contributed by atoms with Crippen molar-refractivity contribution in [3.8, 4) is 0 Å². The van der Waals surface area contributed by atoms with Crippen LogP contribution in [0.15, 0.2) is 91.0 Å². The number of carbonyl (C=O) groups is 1. The quantitative estimate of drug-likeness (QED) is 0.0796. The molecule has 0 saturated carbocycles. The minimum Gasteiger partial charge on any atom is -0.445 e. The van der Waals surface area contributed by atoms with Crippen molar-refractivity contribution in [3.05, 3.63) is 108 Å². The van der Waals surface area contributed by atoms with Gasteiger partial charge in [0, 0.05) is 27.8 Å². The van der Waals surface area contributed by atoms with E-state index in [1.807, 2.05) is 91.0 Å².